The minimum Gasteiger partial charge on any atom is -0.352 e. The van der Waals surface area contributed by atoms with E-state index in [1.54, 1.807) is 12.5 Å². The third-order valence-electron chi connectivity index (χ3n) is 1.96. The van der Waals surface area contributed by atoms with Crippen LogP contribution in [0.3, 0.4) is 0 Å². The fourth-order valence-electron chi connectivity index (χ4n) is 1.17. The molecule has 0 aliphatic rings. The Morgan fingerprint density at radius 2 is 2.21 bits per heavy atom. The molecule has 78 valence electrons. The molecule has 1 aromatic rings. The van der Waals surface area contributed by atoms with E-state index in [-0.39, 0.29) is 17.9 Å². The Labute approximate surface area is 84.3 Å². The maximum Gasteiger partial charge on any atom is 0.222 e. The van der Waals surface area contributed by atoms with Gasteiger partial charge in [0.15, 0.2) is 0 Å². The van der Waals surface area contributed by atoms with Gasteiger partial charge in [0.2, 0.25) is 5.91 Å². The van der Waals surface area contributed by atoms with Crippen LogP contribution in [0.2, 0.25) is 0 Å². The molecule has 1 atom stereocenters. The molecule has 1 unspecified atom stereocenters. The van der Waals surface area contributed by atoms with Crippen LogP contribution in [0.1, 0.15) is 20.8 Å². The third-order valence-corrected chi connectivity index (χ3v) is 1.96. The minimum atomic E-state index is 0.0419. The first-order valence-electron chi connectivity index (χ1n) is 4.85. The first-order valence-corrected chi connectivity index (χ1v) is 4.85. The van der Waals surface area contributed by atoms with Crippen molar-refractivity contribution in [3.8, 4) is 0 Å². The SMILES string of the molecule is CC(Cn1ccnc1)NC(=O)C(C)C. The van der Waals surface area contributed by atoms with E-state index in [9.17, 15) is 4.79 Å². The lowest BCUT2D eigenvalue weighted by molar-refractivity contribution is -0.124. The van der Waals surface area contributed by atoms with Gasteiger partial charge in [-0.25, -0.2) is 4.98 Å². The number of amides is 1. The summed E-state index contributed by atoms with van der Waals surface area (Å²) in [4.78, 5) is 15.3. The van der Waals surface area contributed by atoms with E-state index in [2.05, 4.69) is 10.3 Å². The van der Waals surface area contributed by atoms with Crippen LogP contribution in [-0.4, -0.2) is 21.5 Å². The van der Waals surface area contributed by atoms with Crippen molar-refractivity contribution in [2.45, 2.75) is 33.4 Å². The van der Waals surface area contributed by atoms with Gasteiger partial charge in [0.05, 0.1) is 6.33 Å². The molecule has 1 amide bonds. The number of carbonyl (C=O) groups excluding carboxylic acids is 1. The summed E-state index contributed by atoms with van der Waals surface area (Å²) in [5.41, 5.74) is 0. The molecule has 1 N–H and O–H groups in total. The number of hydrogen-bond donors (Lipinski definition) is 1. The molecule has 0 spiro atoms. The predicted molar refractivity (Wildman–Crippen MR) is 54.7 cm³/mol. The van der Waals surface area contributed by atoms with Crippen LogP contribution < -0.4 is 5.32 Å². The van der Waals surface area contributed by atoms with Gasteiger partial charge in [-0.1, -0.05) is 13.8 Å². The van der Waals surface area contributed by atoms with Crippen molar-refractivity contribution in [3.63, 3.8) is 0 Å². The standard InChI is InChI=1S/C10H17N3O/c1-8(2)10(14)12-9(3)6-13-5-4-11-7-13/h4-5,7-9H,6H2,1-3H3,(H,12,14). The van der Waals surface area contributed by atoms with Crippen LogP contribution in [0, 0.1) is 5.92 Å². The zero-order valence-electron chi connectivity index (χ0n) is 8.90. The summed E-state index contributed by atoms with van der Waals surface area (Å²) in [6.07, 6.45) is 5.37. The molecule has 0 aromatic carbocycles. The highest BCUT2D eigenvalue weighted by molar-refractivity contribution is 5.78. The molecule has 0 aliphatic carbocycles. The lowest BCUT2D eigenvalue weighted by Crippen LogP contribution is -2.37. The summed E-state index contributed by atoms with van der Waals surface area (Å²) in [6, 6.07) is 0.138. The van der Waals surface area contributed by atoms with Gasteiger partial charge in [-0.15, -0.1) is 0 Å². The molecule has 1 aromatic heterocycles. The van der Waals surface area contributed by atoms with Crippen molar-refractivity contribution in [1.29, 1.82) is 0 Å². The van der Waals surface area contributed by atoms with Crippen LogP contribution in [-0.2, 0) is 11.3 Å². The Morgan fingerprint density at radius 1 is 1.50 bits per heavy atom. The third kappa shape index (κ3) is 3.20. The first kappa shape index (κ1) is 10.8. The van der Waals surface area contributed by atoms with E-state index < -0.39 is 0 Å². The van der Waals surface area contributed by atoms with Crippen LogP contribution >= 0.6 is 0 Å². The lowest BCUT2D eigenvalue weighted by Gasteiger charge is -2.15. The van der Waals surface area contributed by atoms with E-state index in [0.717, 1.165) is 6.54 Å². The molecule has 0 aliphatic heterocycles. The highest BCUT2D eigenvalue weighted by Gasteiger charge is 2.10. The van der Waals surface area contributed by atoms with Crippen LogP contribution in [0.15, 0.2) is 18.7 Å². The van der Waals surface area contributed by atoms with Gasteiger partial charge >= 0.3 is 0 Å². The summed E-state index contributed by atoms with van der Waals surface area (Å²) < 4.78 is 1.95. The zero-order chi connectivity index (χ0) is 10.6. The molecule has 4 heteroatoms. The van der Waals surface area contributed by atoms with Crippen LogP contribution in [0.4, 0.5) is 0 Å². The van der Waals surface area contributed by atoms with Crippen molar-refractivity contribution in [2.24, 2.45) is 5.92 Å². The Kier molecular flexibility index (Phi) is 3.68. The average molecular weight is 195 g/mol. The van der Waals surface area contributed by atoms with E-state index >= 15 is 0 Å². The Morgan fingerprint density at radius 3 is 2.71 bits per heavy atom. The molecular formula is C10H17N3O. The van der Waals surface area contributed by atoms with Crippen LogP contribution in [0.25, 0.3) is 0 Å². The molecule has 0 radical (unpaired) electrons. The normalized spacial score (nSPS) is 12.9. The number of hydrogen-bond acceptors (Lipinski definition) is 2. The second-order valence-electron chi connectivity index (χ2n) is 3.82. The molecular weight excluding hydrogens is 178 g/mol. The summed E-state index contributed by atoms with van der Waals surface area (Å²) in [5, 5.41) is 2.93. The van der Waals surface area contributed by atoms with E-state index in [1.807, 2.05) is 31.5 Å². The lowest BCUT2D eigenvalue weighted by atomic mass is 10.2. The van der Waals surface area contributed by atoms with E-state index in [4.69, 9.17) is 0 Å². The van der Waals surface area contributed by atoms with Gasteiger partial charge in [0, 0.05) is 30.9 Å². The second kappa shape index (κ2) is 4.79. The number of aromatic nitrogens is 2. The Hall–Kier alpha value is -1.32. The topological polar surface area (TPSA) is 46.9 Å². The highest BCUT2D eigenvalue weighted by Crippen LogP contribution is 1.95. The highest BCUT2D eigenvalue weighted by atomic mass is 16.1. The van der Waals surface area contributed by atoms with Gasteiger partial charge < -0.3 is 9.88 Å². The molecule has 0 fully saturated rings. The Balaban J connectivity index is 2.36. The second-order valence-corrected chi connectivity index (χ2v) is 3.82. The average Bonchev–Trinajstić information content (AvgIpc) is 2.56. The van der Waals surface area contributed by atoms with Crippen molar-refractivity contribution < 1.29 is 4.79 Å². The fraction of sp³-hybridized carbons (Fsp3) is 0.600. The van der Waals surface area contributed by atoms with Gasteiger partial charge in [-0.3, -0.25) is 4.79 Å². The molecule has 4 nitrogen and oxygen atoms in total. The number of rotatable bonds is 4. The smallest absolute Gasteiger partial charge is 0.222 e. The van der Waals surface area contributed by atoms with Crippen molar-refractivity contribution in [1.82, 2.24) is 14.9 Å². The Bertz CT molecular complexity index is 280. The maximum atomic E-state index is 11.3. The molecule has 0 saturated carbocycles. The van der Waals surface area contributed by atoms with Gasteiger partial charge in [0.25, 0.3) is 0 Å². The fourth-order valence-corrected chi connectivity index (χ4v) is 1.17. The number of nitrogens with zero attached hydrogens (tertiary/aromatic N) is 2. The minimum absolute atomic E-state index is 0.0419. The first-order chi connectivity index (χ1) is 6.59. The van der Waals surface area contributed by atoms with Crippen LogP contribution in [0.5, 0.6) is 0 Å². The quantitative estimate of drug-likeness (QED) is 0.780. The number of nitrogens with one attached hydrogen (secondary N) is 1. The molecule has 1 heterocycles. The van der Waals surface area contributed by atoms with E-state index in [0.29, 0.717) is 0 Å². The zero-order valence-corrected chi connectivity index (χ0v) is 8.90. The van der Waals surface area contributed by atoms with Crippen molar-refractivity contribution >= 4 is 5.91 Å². The molecule has 0 bridgehead atoms. The maximum absolute atomic E-state index is 11.3. The number of carbonyl (C=O) groups is 1. The largest absolute Gasteiger partial charge is 0.352 e. The summed E-state index contributed by atoms with van der Waals surface area (Å²) in [7, 11) is 0. The van der Waals surface area contributed by atoms with Gasteiger partial charge in [0.1, 0.15) is 0 Å². The number of imidazole rings is 1. The summed E-state index contributed by atoms with van der Waals surface area (Å²) in [5.74, 6) is 0.137. The summed E-state index contributed by atoms with van der Waals surface area (Å²) >= 11 is 0. The van der Waals surface area contributed by atoms with Crippen molar-refractivity contribution in [3.05, 3.63) is 18.7 Å². The molecule has 1 rings (SSSR count). The summed E-state index contributed by atoms with van der Waals surface area (Å²) in [6.45, 7) is 6.53. The van der Waals surface area contributed by atoms with Gasteiger partial charge in [-0.05, 0) is 6.92 Å². The molecule has 14 heavy (non-hydrogen) atoms. The van der Waals surface area contributed by atoms with E-state index in [1.165, 1.54) is 0 Å². The van der Waals surface area contributed by atoms with Gasteiger partial charge in [-0.2, -0.15) is 0 Å². The monoisotopic (exact) mass is 195 g/mol. The van der Waals surface area contributed by atoms with Crippen molar-refractivity contribution in [2.75, 3.05) is 0 Å². The predicted octanol–water partition coefficient (Wildman–Crippen LogP) is 1.04. The molecule has 0 saturated heterocycles.